The largest absolute Gasteiger partial charge is 0.380 e. The Morgan fingerprint density at radius 1 is 1.35 bits per heavy atom. The minimum atomic E-state index is 0.406. The molecule has 106 valence electrons. The fourth-order valence-electron chi connectivity index (χ4n) is 2.71. The van der Waals surface area contributed by atoms with E-state index in [9.17, 15) is 0 Å². The van der Waals surface area contributed by atoms with Crippen LogP contribution in [-0.4, -0.2) is 32.5 Å². The Balaban J connectivity index is 1.81. The third-order valence-corrected chi connectivity index (χ3v) is 5.17. The maximum absolute atomic E-state index is 4.09. The second-order valence-corrected chi connectivity index (χ2v) is 7.12. The number of rotatable bonds is 3. The van der Waals surface area contributed by atoms with Gasteiger partial charge in [-0.25, -0.2) is 4.68 Å². The molecular weight excluding hydrogens is 268 g/mol. The van der Waals surface area contributed by atoms with Crippen LogP contribution in [0.3, 0.4) is 0 Å². The number of thioether (sulfide) groups is 1. The van der Waals surface area contributed by atoms with Gasteiger partial charge < -0.3 is 5.32 Å². The zero-order valence-electron chi connectivity index (χ0n) is 11.9. The minimum absolute atomic E-state index is 0.406. The van der Waals surface area contributed by atoms with Gasteiger partial charge in [0.2, 0.25) is 0 Å². The van der Waals surface area contributed by atoms with E-state index in [1.165, 1.54) is 12.2 Å². The fourth-order valence-corrected chi connectivity index (χ4v) is 3.98. The van der Waals surface area contributed by atoms with Crippen molar-refractivity contribution in [2.24, 2.45) is 5.41 Å². The monoisotopic (exact) mass is 288 g/mol. The van der Waals surface area contributed by atoms with E-state index in [-0.39, 0.29) is 0 Å². The van der Waals surface area contributed by atoms with E-state index >= 15 is 0 Å². The number of benzene rings is 1. The molecule has 1 unspecified atom stereocenters. The second kappa shape index (κ2) is 5.48. The van der Waals surface area contributed by atoms with Crippen LogP contribution in [-0.2, 0) is 0 Å². The van der Waals surface area contributed by atoms with Crippen LogP contribution < -0.4 is 5.32 Å². The SMILES string of the molecule is CC1(C)CSCC(Nc2ccccc2-n2ccnn2)C1. The lowest BCUT2D eigenvalue weighted by molar-refractivity contribution is 0.358. The van der Waals surface area contributed by atoms with Crippen molar-refractivity contribution in [1.82, 2.24) is 15.0 Å². The molecule has 2 aromatic rings. The Morgan fingerprint density at radius 2 is 2.20 bits per heavy atom. The lowest BCUT2D eigenvalue weighted by Gasteiger charge is -2.35. The van der Waals surface area contributed by atoms with Gasteiger partial charge >= 0.3 is 0 Å². The average Bonchev–Trinajstić information content (AvgIpc) is 2.92. The molecule has 5 heteroatoms. The predicted octanol–water partition coefficient (Wildman–Crippen LogP) is 3.21. The van der Waals surface area contributed by atoms with E-state index < -0.39 is 0 Å². The molecule has 4 nitrogen and oxygen atoms in total. The van der Waals surface area contributed by atoms with Gasteiger partial charge in [0.15, 0.2) is 0 Å². The number of para-hydroxylation sites is 2. The van der Waals surface area contributed by atoms with Gasteiger partial charge in [0.1, 0.15) is 0 Å². The highest BCUT2D eigenvalue weighted by Gasteiger charge is 2.28. The van der Waals surface area contributed by atoms with Gasteiger partial charge in [-0.1, -0.05) is 31.2 Å². The molecule has 0 bridgehead atoms. The topological polar surface area (TPSA) is 42.7 Å². The molecule has 2 heterocycles. The number of nitrogens with zero attached hydrogens (tertiary/aromatic N) is 3. The van der Waals surface area contributed by atoms with Gasteiger partial charge in [-0.15, -0.1) is 5.10 Å². The first-order valence-electron chi connectivity index (χ1n) is 6.94. The van der Waals surface area contributed by atoms with E-state index in [0.29, 0.717) is 11.5 Å². The van der Waals surface area contributed by atoms with Gasteiger partial charge in [-0.3, -0.25) is 0 Å². The summed E-state index contributed by atoms with van der Waals surface area (Å²) < 4.78 is 1.81. The van der Waals surface area contributed by atoms with Crippen molar-refractivity contribution in [3.05, 3.63) is 36.7 Å². The van der Waals surface area contributed by atoms with Crippen molar-refractivity contribution in [1.29, 1.82) is 0 Å². The first kappa shape index (κ1) is 13.5. The van der Waals surface area contributed by atoms with Gasteiger partial charge in [-0.2, -0.15) is 11.8 Å². The molecule has 1 aromatic heterocycles. The third kappa shape index (κ3) is 2.98. The highest BCUT2D eigenvalue weighted by atomic mass is 32.2. The van der Waals surface area contributed by atoms with Gasteiger partial charge in [-0.05, 0) is 29.7 Å². The first-order chi connectivity index (χ1) is 9.64. The van der Waals surface area contributed by atoms with Crippen LogP contribution in [0.5, 0.6) is 0 Å². The number of aromatic nitrogens is 3. The molecule has 1 aliphatic heterocycles. The Bertz CT molecular complexity index is 565. The average molecular weight is 288 g/mol. The quantitative estimate of drug-likeness (QED) is 0.942. The van der Waals surface area contributed by atoms with Crippen molar-refractivity contribution in [2.45, 2.75) is 26.3 Å². The van der Waals surface area contributed by atoms with Crippen LogP contribution in [0.4, 0.5) is 5.69 Å². The summed E-state index contributed by atoms with van der Waals surface area (Å²) in [5, 5.41) is 11.7. The molecule has 1 aromatic carbocycles. The molecule has 1 fully saturated rings. The molecule has 1 atom stereocenters. The van der Waals surface area contributed by atoms with Crippen molar-refractivity contribution in [3.8, 4) is 5.69 Å². The molecule has 20 heavy (non-hydrogen) atoms. The number of hydrogen-bond donors (Lipinski definition) is 1. The number of nitrogens with one attached hydrogen (secondary N) is 1. The lowest BCUT2D eigenvalue weighted by atomic mass is 9.87. The van der Waals surface area contributed by atoms with Crippen LogP contribution in [0, 0.1) is 5.41 Å². The van der Waals surface area contributed by atoms with Crippen molar-refractivity contribution in [3.63, 3.8) is 0 Å². The summed E-state index contributed by atoms with van der Waals surface area (Å²) in [6.45, 7) is 4.69. The van der Waals surface area contributed by atoms with Gasteiger partial charge in [0, 0.05) is 11.8 Å². The van der Waals surface area contributed by atoms with Crippen LogP contribution in [0.25, 0.3) is 5.69 Å². The molecule has 0 radical (unpaired) electrons. The van der Waals surface area contributed by atoms with E-state index in [2.05, 4.69) is 47.7 Å². The zero-order valence-corrected chi connectivity index (χ0v) is 12.7. The van der Waals surface area contributed by atoms with Gasteiger partial charge in [0.05, 0.1) is 23.8 Å². The Morgan fingerprint density at radius 3 is 2.95 bits per heavy atom. The lowest BCUT2D eigenvalue weighted by Crippen LogP contribution is -2.35. The van der Waals surface area contributed by atoms with Gasteiger partial charge in [0.25, 0.3) is 0 Å². The van der Waals surface area contributed by atoms with Crippen molar-refractivity contribution < 1.29 is 0 Å². The number of anilines is 1. The standard InChI is InChI=1S/C15H20N4S/c1-15(2)9-12(10-20-11-15)17-13-5-3-4-6-14(13)19-8-7-16-18-19/h3-8,12,17H,9-11H2,1-2H3. The minimum Gasteiger partial charge on any atom is -0.380 e. The summed E-state index contributed by atoms with van der Waals surface area (Å²) >= 11 is 2.04. The molecule has 0 saturated carbocycles. The van der Waals surface area contributed by atoms with Crippen LogP contribution in [0.2, 0.25) is 0 Å². The van der Waals surface area contributed by atoms with E-state index in [1.807, 2.05) is 28.7 Å². The van der Waals surface area contributed by atoms with E-state index in [1.54, 1.807) is 6.20 Å². The zero-order chi connectivity index (χ0) is 14.0. The highest BCUT2D eigenvalue weighted by molar-refractivity contribution is 7.99. The van der Waals surface area contributed by atoms with Crippen LogP contribution in [0.15, 0.2) is 36.7 Å². The van der Waals surface area contributed by atoms with Crippen molar-refractivity contribution in [2.75, 3.05) is 16.8 Å². The molecule has 1 aliphatic rings. The Labute approximate surface area is 124 Å². The maximum Gasteiger partial charge on any atom is 0.0894 e. The second-order valence-electron chi connectivity index (χ2n) is 6.09. The normalized spacial score (nSPS) is 21.6. The predicted molar refractivity (Wildman–Crippen MR) is 84.5 cm³/mol. The number of hydrogen-bond acceptors (Lipinski definition) is 4. The first-order valence-corrected chi connectivity index (χ1v) is 8.10. The smallest absolute Gasteiger partial charge is 0.0894 e. The van der Waals surface area contributed by atoms with Crippen LogP contribution in [0.1, 0.15) is 20.3 Å². The van der Waals surface area contributed by atoms with Crippen molar-refractivity contribution >= 4 is 17.4 Å². The Kier molecular flexibility index (Phi) is 3.70. The molecule has 3 rings (SSSR count). The third-order valence-electron chi connectivity index (χ3n) is 3.54. The highest BCUT2D eigenvalue weighted by Crippen LogP contribution is 2.35. The summed E-state index contributed by atoms with van der Waals surface area (Å²) in [7, 11) is 0. The Hall–Kier alpha value is -1.49. The summed E-state index contributed by atoms with van der Waals surface area (Å²) in [6.07, 6.45) is 4.78. The molecule has 0 spiro atoms. The summed E-state index contributed by atoms with van der Waals surface area (Å²) in [6, 6.07) is 8.78. The summed E-state index contributed by atoms with van der Waals surface area (Å²) in [5.74, 6) is 2.41. The fraction of sp³-hybridized carbons (Fsp3) is 0.467. The molecular formula is C15H20N4S. The van der Waals surface area contributed by atoms with E-state index in [4.69, 9.17) is 0 Å². The molecule has 1 saturated heterocycles. The maximum atomic E-state index is 4.09. The summed E-state index contributed by atoms with van der Waals surface area (Å²) in [4.78, 5) is 0. The molecule has 1 N–H and O–H groups in total. The van der Waals surface area contributed by atoms with Crippen LogP contribution >= 0.6 is 11.8 Å². The van der Waals surface area contributed by atoms with E-state index in [0.717, 1.165) is 17.1 Å². The summed E-state index contributed by atoms with van der Waals surface area (Å²) in [5.41, 5.74) is 2.59. The molecule has 0 aliphatic carbocycles. The molecule has 0 amide bonds.